The molecule has 2 rings (SSSR count). The van der Waals surface area contributed by atoms with Gasteiger partial charge in [-0.05, 0) is 24.6 Å². The zero-order valence-electron chi connectivity index (χ0n) is 10.8. The van der Waals surface area contributed by atoms with Crippen molar-refractivity contribution in [3.8, 4) is 5.75 Å². The van der Waals surface area contributed by atoms with Gasteiger partial charge in [-0.3, -0.25) is 0 Å². The van der Waals surface area contributed by atoms with Crippen LogP contribution in [0.2, 0.25) is 0 Å². The first kappa shape index (κ1) is 14.2. The topological polar surface area (TPSA) is 34.1 Å². The van der Waals surface area contributed by atoms with Crippen LogP contribution < -0.4 is 10.1 Å². The lowest BCUT2D eigenvalue weighted by Crippen LogP contribution is -2.06. The molecule has 0 unspecified atom stereocenters. The Bertz CT molecular complexity index is 605. The minimum absolute atomic E-state index is 0.218. The number of ether oxygens (including phenoxy) is 1. The maximum Gasteiger partial charge on any atom is 0.251 e. The summed E-state index contributed by atoms with van der Waals surface area (Å²) in [5, 5.41) is 2.62. The number of benzene rings is 1. The van der Waals surface area contributed by atoms with Crippen molar-refractivity contribution >= 4 is 5.82 Å². The Labute approximate surface area is 114 Å². The first-order valence-corrected chi connectivity index (χ1v) is 6.07. The van der Waals surface area contributed by atoms with Gasteiger partial charge in [0.1, 0.15) is 5.75 Å². The van der Waals surface area contributed by atoms with Crippen molar-refractivity contribution in [1.29, 1.82) is 0 Å². The average Bonchev–Trinajstić information content (AvgIpc) is 2.42. The molecule has 0 radical (unpaired) electrons. The Morgan fingerprint density at radius 2 is 1.95 bits per heavy atom. The highest BCUT2D eigenvalue weighted by Crippen LogP contribution is 2.17. The molecule has 0 aliphatic rings. The molecule has 3 nitrogen and oxygen atoms in total. The van der Waals surface area contributed by atoms with E-state index in [-0.39, 0.29) is 12.4 Å². The first-order chi connectivity index (χ1) is 9.60. The second kappa shape index (κ2) is 6.27. The van der Waals surface area contributed by atoms with E-state index in [4.69, 9.17) is 4.74 Å². The van der Waals surface area contributed by atoms with Crippen LogP contribution in [-0.2, 0) is 6.54 Å². The fourth-order valence-electron chi connectivity index (χ4n) is 1.67. The molecule has 6 heteroatoms. The molecule has 0 saturated carbocycles. The van der Waals surface area contributed by atoms with Gasteiger partial charge in [0.15, 0.2) is 17.5 Å². The predicted molar refractivity (Wildman–Crippen MR) is 69.0 cm³/mol. The number of pyridine rings is 1. The number of halogens is 3. The Morgan fingerprint density at radius 1 is 1.15 bits per heavy atom. The standard InChI is InChI=1S/C14H13F3N2O/c1-2-20-10-5-3-4-9(6-10)8-18-14-12(16)7-11(15)13(17)19-14/h3-7H,2,8H2,1H3,(H,18,19). The second-order valence-corrected chi connectivity index (χ2v) is 4.03. The SMILES string of the molecule is CCOc1cccc(CNc2nc(F)c(F)cc2F)c1. The summed E-state index contributed by atoms with van der Waals surface area (Å²) < 4.78 is 44.4. The molecule has 0 saturated heterocycles. The molecule has 106 valence electrons. The minimum Gasteiger partial charge on any atom is -0.494 e. The van der Waals surface area contributed by atoms with E-state index in [1.807, 2.05) is 6.92 Å². The summed E-state index contributed by atoms with van der Waals surface area (Å²) in [5.41, 5.74) is 0.807. The van der Waals surface area contributed by atoms with Gasteiger partial charge in [-0.1, -0.05) is 12.1 Å². The van der Waals surface area contributed by atoms with Crippen LogP contribution in [0.25, 0.3) is 0 Å². The monoisotopic (exact) mass is 282 g/mol. The molecule has 2 aromatic rings. The fraction of sp³-hybridized carbons (Fsp3) is 0.214. The zero-order valence-corrected chi connectivity index (χ0v) is 10.8. The Hall–Kier alpha value is -2.24. The molecule has 0 fully saturated rings. The molecule has 1 N–H and O–H groups in total. The summed E-state index contributed by atoms with van der Waals surface area (Å²) in [6.45, 7) is 2.62. The third-order valence-electron chi connectivity index (χ3n) is 2.56. The molecule has 0 spiro atoms. The number of anilines is 1. The van der Waals surface area contributed by atoms with Crippen LogP contribution in [0.1, 0.15) is 12.5 Å². The van der Waals surface area contributed by atoms with Crippen molar-refractivity contribution in [2.45, 2.75) is 13.5 Å². The van der Waals surface area contributed by atoms with Gasteiger partial charge in [-0.15, -0.1) is 0 Å². The van der Waals surface area contributed by atoms with Gasteiger partial charge in [0, 0.05) is 12.6 Å². The van der Waals surface area contributed by atoms with E-state index in [0.29, 0.717) is 18.4 Å². The largest absolute Gasteiger partial charge is 0.494 e. The molecular formula is C14H13F3N2O. The van der Waals surface area contributed by atoms with Crippen LogP contribution in [0.15, 0.2) is 30.3 Å². The maximum absolute atomic E-state index is 13.4. The van der Waals surface area contributed by atoms with Gasteiger partial charge in [-0.2, -0.15) is 9.37 Å². The summed E-state index contributed by atoms with van der Waals surface area (Å²) in [7, 11) is 0. The number of aromatic nitrogens is 1. The molecule has 1 aromatic heterocycles. The van der Waals surface area contributed by atoms with Crippen molar-refractivity contribution in [2.24, 2.45) is 0 Å². The molecule has 0 aliphatic carbocycles. The lowest BCUT2D eigenvalue weighted by Gasteiger charge is -2.09. The van der Waals surface area contributed by atoms with Crippen molar-refractivity contribution in [2.75, 3.05) is 11.9 Å². The van der Waals surface area contributed by atoms with Crippen LogP contribution in [0, 0.1) is 17.6 Å². The van der Waals surface area contributed by atoms with E-state index in [2.05, 4.69) is 10.3 Å². The van der Waals surface area contributed by atoms with Crippen molar-refractivity contribution < 1.29 is 17.9 Å². The van der Waals surface area contributed by atoms with E-state index in [1.165, 1.54) is 0 Å². The Kier molecular flexibility index (Phi) is 4.45. The highest BCUT2D eigenvalue weighted by molar-refractivity contribution is 5.38. The fourth-order valence-corrected chi connectivity index (χ4v) is 1.67. The minimum atomic E-state index is -1.34. The van der Waals surface area contributed by atoms with Gasteiger partial charge in [0.25, 0.3) is 5.95 Å². The third-order valence-corrected chi connectivity index (χ3v) is 2.56. The second-order valence-electron chi connectivity index (χ2n) is 4.03. The predicted octanol–water partition coefficient (Wildman–Crippen LogP) is 3.51. The third kappa shape index (κ3) is 3.40. The zero-order chi connectivity index (χ0) is 14.5. The van der Waals surface area contributed by atoms with E-state index >= 15 is 0 Å². The molecule has 0 bridgehead atoms. The van der Waals surface area contributed by atoms with Gasteiger partial charge < -0.3 is 10.1 Å². The molecule has 0 atom stereocenters. The van der Waals surface area contributed by atoms with Crippen LogP contribution in [0.4, 0.5) is 19.0 Å². The maximum atomic E-state index is 13.4. The summed E-state index contributed by atoms with van der Waals surface area (Å²) in [6, 6.07) is 7.61. The average molecular weight is 282 g/mol. The van der Waals surface area contributed by atoms with E-state index < -0.39 is 17.6 Å². The number of hydrogen-bond acceptors (Lipinski definition) is 3. The number of rotatable bonds is 5. The van der Waals surface area contributed by atoms with Crippen molar-refractivity contribution in [3.63, 3.8) is 0 Å². The molecule has 0 aliphatic heterocycles. The lowest BCUT2D eigenvalue weighted by atomic mass is 10.2. The van der Waals surface area contributed by atoms with Gasteiger partial charge in [0.2, 0.25) is 0 Å². The van der Waals surface area contributed by atoms with Crippen LogP contribution in [-0.4, -0.2) is 11.6 Å². The number of nitrogens with zero attached hydrogens (tertiary/aromatic N) is 1. The molecule has 0 amide bonds. The van der Waals surface area contributed by atoms with Crippen molar-refractivity contribution in [3.05, 3.63) is 53.5 Å². The van der Waals surface area contributed by atoms with Crippen molar-refractivity contribution in [1.82, 2.24) is 4.98 Å². The van der Waals surface area contributed by atoms with Crippen LogP contribution in [0.3, 0.4) is 0 Å². The molecular weight excluding hydrogens is 269 g/mol. The lowest BCUT2D eigenvalue weighted by molar-refractivity contribution is 0.340. The number of hydrogen-bond donors (Lipinski definition) is 1. The van der Waals surface area contributed by atoms with E-state index in [1.54, 1.807) is 24.3 Å². The molecule has 1 aromatic carbocycles. The summed E-state index contributed by atoms with van der Waals surface area (Å²) >= 11 is 0. The molecule has 20 heavy (non-hydrogen) atoms. The Balaban J connectivity index is 2.08. The van der Waals surface area contributed by atoms with Gasteiger partial charge >= 0.3 is 0 Å². The van der Waals surface area contributed by atoms with Crippen LogP contribution in [0.5, 0.6) is 5.75 Å². The quantitative estimate of drug-likeness (QED) is 0.852. The highest BCUT2D eigenvalue weighted by Gasteiger charge is 2.11. The van der Waals surface area contributed by atoms with E-state index in [9.17, 15) is 13.2 Å². The van der Waals surface area contributed by atoms with Gasteiger partial charge in [-0.25, -0.2) is 8.78 Å². The number of nitrogens with one attached hydrogen (secondary N) is 1. The summed E-state index contributed by atoms with van der Waals surface area (Å²) in [6.07, 6.45) is 0. The summed E-state index contributed by atoms with van der Waals surface area (Å²) in [5.74, 6) is -3.23. The first-order valence-electron chi connectivity index (χ1n) is 6.07. The van der Waals surface area contributed by atoms with Crippen LogP contribution >= 0.6 is 0 Å². The highest BCUT2D eigenvalue weighted by atomic mass is 19.2. The van der Waals surface area contributed by atoms with E-state index in [0.717, 1.165) is 5.56 Å². The normalized spacial score (nSPS) is 10.4. The van der Waals surface area contributed by atoms with Gasteiger partial charge in [0.05, 0.1) is 6.61 Å². The Morgan fingerprint density at radius 3 is 2.70 bits per heavy atom. The molecule has 1 heterocycles. The smallest absolute Gasteiger partial charge is 0.251 e. The summed E-state index contributed by atoms with van der Waals surface area (Å²) in [4.78, 5) is 3.19.